The van der Waals surface area contributed by atoms with Gasteiger partial charge in [0.05, 0.1) is 10.0 Å². The lowest BCUT2D eigenvalue weighted by Gasteiger charge is -2.27. The van der Waals surface area contributed by atoms with Crippen LogP contribution in [0.5, 0.6) is 0 Å². The summed E-state index contributed by atoms with van der Waals surface area (Å²) >= 11 is 7.52. The molecule has 21 heavy (non-hydrogen) atoms. The molecule has 1 aliphatic heterocycles. The first-order valence-corrected chi connectivity index (χ1v) is 9.52. The van der Waals surface area contributed by atoms with E-state index in [1.165, 1.54) is 4.88 Å². The van der Waals surface area contributed by atoms with Gasteiger partial charge in [-0.1, -0.05) is 11.6 Å². The van der Waals surface area contributed by atoms with Crippen molar-refractivity contribution in [3.05, 3.63) is 38.8 Å². The smallest absolute Gasteiger partial charge is 0.246 e. The number of rotatable bonds is 3. The number of fused-ring (bicyclic) bond motifs is 1. The summed E-state index contributed by atoms with van der Waals surface area (Å²) in [7, 11) is -3.34. The van der Waals surface area contributed by atoms with Crippen LogP contribution in [0.2, 0.25) is 4.34 Å². The predicted molar refractivity (Wildman–Crippen MR) is 82.3 cm³/mol. The first-order valence-electron chi connectivity index (χ1n) is 6.43. The van der Waals surface area contributed by atoms with Crippen molar-refractivity contribution in [3.8, 4) is 0 Å². The molecule has 2 aromatic heterocycles. The number of hydrogen-bond donors (Lipinski definition) is 0. The number of hydrogen-bond acceptors (Lipinski definition) is 6. The molecule has 3 heterocycles. The Labute approximate surface area is 132 Å². The van der Waals surface area contributed by atoms with Crippen LogP contribution >= 0.6 is 22.9 Å². The summed E-state index contributed by atoms with van der Waals surface area (Å²) in [4.78, 5) is 11.7. The van der Waals surface area contributed by atoms with Crippen molar-refractivity contribution in [3.63, 3.8) is 0 Å². The third-order valence-corrected chi connectivity index (χ3v) is 5.41. The van der Waals surface area contributed by atoms with E-state index < -0.39 is 9.84 Å². The molecule has 2 aromatic rings. The Hall–Kier alpha value is -1.02. The molecule has 0 aromatic carbocycles. The fourth-order valence-electron chi connectivity index (χ4n) is 2.33. The standard InChI is InChI=1S/C13H14ClN3O2S2/c1-21(18,19)13-15-6-9-7-17(5-4-11(9)16-13)8-10-2-3-12(14)20-10/h2-3,6H,4-5,7-8H2,1H3. The van der Waals surface area contributed by atoms with Gasteiger partial charge in [-0.3, -0.25) is 4.90 Å². The highest BCUT2D eigenvalue weighted by atomic mass is 35.5. The number of sulfone groups is 1. The van der Waals surface area contributed by atoms with Gasteiger partial charge in [0.2, 0.25) is 15.0 Å². The molecule has 0 saturated carbocycles. The van der Waals surface area contributed by atoms with Crippen LogP contribution in [0.1, 0.15) is 16.1 Å². The number of nitrogens with zero attached hydrogens (tertiary/aromatic N) is 3. The molecule has 3 rings (SSSR count). The monoisotopic (exact) mass is 343 g/mol. The minimum absolute atomic E-state index is 0.0836. The number of thiophene rings is 1. The Morgan fingerprint density at radius 3 is 2.90 bits per heavy atom. The van der Waals surface area contributed by atoms with Crippen molar-refractivity contribution in [1.82, 2.24) is 14.9 Å². The summed E-state index contributed by atoms with van der Waals surface area (Å²) in [6.45, 7) is 2.42. The summed E-state index contributed by atoms with van der Waals surface area (Å²) in [6, 6.07) is 3.94. The number of aromatic nitrogens is 2. The van der Waals surface area contributed by atoms with Gasteiger partial charge >= 0.3 is 0 Å². The number of halogens is 1. The molecule has 0 fully saturated rings. The maximum absolute atomic E-state index is 11.5. The van der Waals surface area contributed by atoms with Gasteiger partial charge < -0.3 is 0 Å². The molecular weight excluding hydrogens is 330 g/mol. The first-order chi connectivity index (χ1) is 9.91. The van der Waals surface area contributed by atoms with E-state index in [9.17, 15) is 8.42 Å². The zero-order valence-corrected chi connectivity index (χ0v) is 13.8. The average Bonchev–Trinajstić information content (AvgIpc) is 2.82. The highest BCUT2D eigenvalue weighted by Gasteiger charge is 2.21. The zero-order chi connectivity index (χ0) is 15.0. The van der Waals surface area contributed by atoms with E-state index in [0.29, 0.717) is 0 Å². The summed E-state index contributed by atoms with van der Waals surface area (Å²) in [5, 5.41) is -0.0836. The molecular formula is C13H14ClN3O2S2. The van der Waals surface area contributed by atoms with E-state index in [1.54, 1.807) is 17.5 Å². The Bertz CT molecular complexity index is 773. The van der Waals surface area contributed by atoms with E-state index in [2.05, 4.69) is 14.9 Å². The predicted octanol–water partition coefficient (Wildman–Crippen LogP) is 2.15. The van der Waals surface area contributed by atoms with Crippen LogP contribution in [0.4, 0.5) is 0 Å². The second-order valence-corrected chi connectivity index (χ2v) is 8.77. The largest absolute Gasteiger partial charge is 0.293 e. The molecule has 0 bridgehead atoms. The molecule has 8 heteroatoms. The minimum atomic E-state index is -3.34. The normalized spacial score (nSPS) is 15.9. The van der Waals surface area contributed by atoms with Crippen LogP contribution in [-0.4, -0.2) is 36.1 Å². The average molecular weight is 344 g/mol. The van der Waals surface area contributed by atoms with Crippen molar-refractivity contribution >= 4 is 32.8 Å². The van der Waals surface area contributed by atoms with Gasteiger partial charge in [-0.25, -0.2) is 18.4 Å². The summed E-state index contributed by atoms with van der Waals surface area (Å²) < 4.78 is 23.8. The lowest BCUT2D eigenvalue weighted by Crippen LogP contribution is -2.31. The third kappa shape index (κ3) is 3.42. The SMILES string of the molecule is CS(=O)(=O)c1ncc2c(n1)CCN(Cc1ccc(Cl)s1)C2. The first kappa shape index (κ1) is 14.9. The van der Waals surface area contributed by atoms with Crippen LogP contribution < -0.4 is 0 Å². The van der Waals surface area contributed by atoms with Gasteiger partial charge in [0.15, 0.2) is 0 Å². The van der Waals surface area contributed by atoms with Crippen molar-refractivity contribution in [2.45, 2.75) is 24.7 Å². The van der Waals surface area contributed by atoms with E-state index in [0.717, 1.165) is 47.9 Å². The zero-order valence-electron chi connectivity index (χ0n) is 11.4. The van der Waals surface area contributed by atoms with Crippen LogP contribution in [0, 0.1) is 0 Å². The topological polar surface area (TPSA) is 63.2 Å². The van der Waals surface area contributed by atoms with Gasteiger partial charge in [0.25, 0.3) is 0 Å². The maximum Gasteiger partial charge on any atom is 0.246 e. The van der Waals surface area contributed by atoms with Crippen LogP contribution in [0.3, 0.4) is 0 Å². The Morgan fingerprint density at radius 2 is 2.24 bits per heavy atom. The summed E-state index contributed by atoms with van der Waals surface area (Å²) in [6.07, 6.45) is 3.50. The lowest BCUT2D eigenvalue weighted by atomic mass is 10.1. The second-order valence-electron chi connectivity index (χ2n) is 5.06. The van der Waals surface area contributed by atoms with Gasteiger partial charge in [-0.2, -0.15) is 0 Å². The van der Waals surface area contributed by atoms with Crippen molar-refractivity contribution in [2.75, 3.05) is 12.8 Å². The van der Waals surface area contributed by atoms with E-state index >= 15 is 0 Å². The molecule has 0 radical (unpaired) electrons. The van der Waals surface area contributed by atoms with Gasteiger partial charge in [0.1, 0.15) is 0 Å². The highest BCUT2D eigenvalue weighted by Crippen LogP contribution is 2.25. The Balaban J connectivity index is 1.77. The molecule has 0 atom stereocenters. The summed E-state index contributed by atoms with van der Waals surface area (Å²) in [5.74, 6) is 0. The molecule has 0 aliphatic carbocycles. The molecule has 0 spiro atoms. The fraction of sp³-hybridized carbons (Fsp3) is 0.385. The van der Waals surface area contributed by atoms with Gasteiger partial charge in [-0.05, 0) is 12.1 Å². The van der Waals surface area contributed by atoms with Crippen LogP contribution in [-0.2, 0) is 29.3 Å². The molecule has 0 amide bonds. The van der Waals surface area contributed by atoms with Crippen molar-refractivity contribution in [1.29, 1.82) is 0 Å². The highest BCUT2D eigenvalue weighted by molar-refractivity contribution is 7.90. The minimum Gasteiger partial charge on any atom is -0.293 e. The van der Waals surface area contributed by atoms with E-state index in [4.69, 9.17) is 11.6 Å². The van der Waals surface area contributed by atoms with Crippen molar-refractivity contribution < 1.29 is 8.42 Å². The molecule has 5 nitrogen and oxygen atoms in total. The quantitative estimate of drug-likeness (QED) is 0.799. The second kappa shape index (κ2) is 5.64. The van der Waals surface area contributed by atoms with Gasteiger partial charge in [-0.15, -0.1) is 11.3 Å². The fourth-order valence-corrected chi connectivity index (χ4v) is 3.98. The van der Waals surface area contributed by atoms with Crippen molar-refractivity contribution in [2.24, 2.45) is 0 Å². The molecule has 0 N–H and O–H groups in total. The van der Waals surface area contributed by atoms with Gasteiger partial charge in [0, 0.05) is 48.9 Å². The molecule has 0 unspecified atom stereocenters. The van der Waals surface area contributed by atoms with E-state index in [-0.39, 0.29) is 5.16 Å². The molecule has 1 aliphatic rings. The molecule has 0 saturated heterocycles. The molecule has 112 valence electrons. The lowest BCUT2D eigenvalue weighted by molar-refractivity contribution is 0.244. The third-order valence-electron chi connectivity index (χ3n) is 3.33. The van der Waals surface area contributed by atoms with E-state index in [1.807, 2.05) is 12.1 Å². The Kier molecular flexibility index (Phi) is 4.00. The van der Waals surface area contributed by atoms with Crippen LogP contribution in [0.15, 0.2) is 23.5 Å². The summed E-state index contributed by atoms with van der Waals surface area (Å²) in [5.41, 5.74) is 1.84. The maximum atomic E-state index is 11.5. The Morgan fingerprint density at radius 1 is 1.43 bits per heavy atom. The van der Waals surface area contributed by atoms with Crippen LogP contribution in [0.25, 0.3) is 0 Å².